The predicted molar refractivity (Wildman–Crippen MR) is 109 cm³/mol. The number of carbonyl (C=O) groups is 2. The summed E-state index contributed by atoms with van der Waals surface area (Å²) in [5, 5.41) is 2.77. The summed E-state index contributed by atoms with van der Waals surface area (Å²) in [7, 11) is 0. The summed E-state index contributed by atoms with van der Waals surface area (Å²) in [6.45, 7) is 0.584. The van der Waals surface area contributed by atoms with Crippen LogP contribution in [0.3, 0.4) is 0 Å². The van der Waals surface area contributed by atoms with Crippen LogP contribution in [0.1, 0.15) is 37.4 Å². The number of fused-ring (bicyclic) bond motifs is 1. The second-order valence-electron chi connectivity index (χ2n) is 7.05. The Hall–Kier alpha value is -3.58. The molecule has 0 aromatic heterocycles. The Morgan fingerprint density at radius 2 is 1.68 bits per heavy atom. The van der Waals surface area contributed by atoms with E-state index in [1.807, 2.05) is 0 Å². The van der Waals surface area contributed by atoms with E-state index >= 15 is 0 Å². The third-order valence-corrected chi connectivity index (χ3v) is 4.95. The zero-order chi connectivity index (χ0) is 21.8. The van der Waals surface area contributed by atoms with Crippen molar-refractivity contribution in [1.29, 1.82) is 0 Å². The zero-order valence-corrected chi connectivity index (χ0v) is 16.5. The van der Waals surface area contributed by atoms with Crippen LogP contribution in [-0.4, -0.2) is 25.0 Å². The van der Waals surface area contributed by atoms with Crippen molar-refractivity contribution in [2.75, 3.05) is 13.3 Å². The SMILES string of the molecule is O=C(NCCc1cc(F)cc2c1OCOC2)c1ccccc1C(=O)c1ccc(F)cc1. The molecule has 7 heteroatoms. The number of rotatable bonds is 6. The molecule has 1 N–H and O–H groups in total. The first-order valence-electron chi connectivity index (χ1n) is 9.72. The highest BCUT2D eigenvalue weighted by Gasteiger charge is 2.19. The number of ketones is 1. The molecular formula is C24H19F2NO4. The number of benzene rings is 3. The van der Waals surface area contributed by atoms with Crippen molar-refractivity contribution in [2.24, 2.45) is 0 Å². The van der Waals surface area contributed by atoms with Gasteiger partial charge in [-0.2, -0.15) is 0 Å². The second kappa shape index (κ2) is 9.06. The Kier molecular flexibility index (Phi) is 6.04. The molecule has 0 unspecified atom stereocenters. The van der Waals surface area contributed by atoms with Crippen molar-refractivity contribution >= 4 is 11.7 Å². The number of hydrogen-bond acceptors (Lipinski definition) is 4. The van der Waals surface area contributed by atoms with E-state index in [0.29, 0.717) is 23.3 Å². The molecule has 1 heterocycles. The maximum absolute atomic E-state index is 13.9. The molecule has 0 saturated carbocycles. The van der Waals surface area contributed by atoms with E-state index in [2.05, 4.69) is 5.32 Å². The minimum atomic E-state index is -0.447. The van der Waals surface area contributed by atoms with E-state index in [-0.39, 0.29) is 42.4 Å². The number of ether oxygens (including phenoxy) is 2. The molecule has 0 radical (unpaired) electrons. The van der Waals surface area contributed by atoms with Crippen LogP contribution in [0.2, 0.25) is 0 Å². The smallest absolute Gasteiger partial charge is 0.252 e. The minimum absolute atomic E-state index is 0.0941. The summed E-state index contributed by atoms with van der Waals surface area (Å²) < 4.78 is 37.7. The monoisotopic (exact) mass is 423 g/mol. The van der Waals surface area contributed by atoms with Gasteiger partial charge < -0.3 is 14.8 Å². The first-order chi connectivity index (χ1) is 15.0. The average Bonchev–Trinajstić information content (AvgIpc) is 2.79. The molecule has 3 aromatic rings. The predicted octanol–water partition coefficient (Wildman–Crippen LogP) is 4.03. The lowest BCUT2D eigenvalue weighted by molar-refractivity contribution is -0.0172. The summed E-state index contributed by atoms with van der Waals surface area (Å²) in [5.41, 5.74) is 1.97. The van der Waals surface area contributed by atoms with E-state index < -0.39 is 17.5 Å². The molecule has 0 fully saturated rings. The minimum Gasteiger partial charge on any atom is -0.467 e. The lowest BCUT2D eigenvalue weighted by Crippen LogP contribution is -2.28. The number of nitrogens with one attached hydrogen (secondary N) is 1. The summed E-state index contributed by atoms with van der Waals surface area (Å²) in [6.07, 6.45) is 0.347. The fraction of sp³-hybridized carbons (Fsp3) is 0.167. The summed E-state index contributed by atoms with van der Waals surface area (Å²) in [4.78, 5) is 25.6. The molecular weight excluding hydrogens is 404 g/mol. The van der Waals surface area contributed by atoms with Crippen molar-refractivity contribution < 1.29 is 27.8 Å². The average molecular weight is 423 g/mol. The van der Waals surface area contributed by atoms with Crippen molar-refractivity contribution in [3.05, 3.63) is 100 Å². The fourth-order valence-corrected chi connectivity index (χ4v) is 3.48. The maximum atomic E-state index is 13.9. The number of carbonyl (C=O) groups excluding carboxylic acids is 2. The first-order valence-corrected chi connectivity index (χ1v) is 9.72. The Morgan fingerprint density at radius 3 is 2.45 bits per heavy atom. The van der Waals surface area contributed by atoms with Crippen LogP contribution in [0, 0.1) is 11.6 Å². The Balaban J connectivity index is 1.47. The Morgan fingerprint density at radius 1 is 0.935 bits per heavy atom. The van der Waals surface area contributed by atoms with Gasteiger partial charge in [-0.3, -0.25) is 9.59 Å². The summed E-state index contributed by atoms with van der Waals surface area (Å²) >= 11 is 0. The molecule has 5 nitrogen and oxygen atoms in total. The largest absolute Gasteiger partial charge is 0.467 e. The topological polar surface area (TPSA) is 64.6 Å². The molecule has 0 aliphatic carbocycles. The Bertz CT molecular complexity index is 1130. The first kappa shape index (κ1) is 20.7. The van der Waals surface area contributed by atoms with Gasteiger partial charge in [0, 0.05) is 23.2 Å². The van der Waals surface area contributed by atoms with Gasteiger partial charge in [0.05, 0.1) is 12.2 Å². The van der Waals surface area contributed by atoms with Crippen LogP contribution >= 0.6 is 0 Å². The third kappa shape index (κ3) is 4.62. The van der Waals surface area contributed by atoms with Gasteiger partial charge in [-0.05, 0) is 54.4 Å². The number of amides is 1. The third-order valence-electron chi connectivity index (χ3n) is 4.95. The normalized spacial score (nSPS) is 12.6. The molecule has 0 atom stereocenters. The molecule has 0 bridgehead atoms. The highest BCUT2D eigenvalue weighted by Crippen LogP contribution is 2.29. The van der Waals surface area contributed by atoms with Crippen LogP contribution in [0.25, 0.3) is 0 Å². The summed E-state index contributed by atoms with van der Waals surface area (Å²) in [5.74, 6) is -1.07. The molecule has 31 heavy (non-hydrogen) atoms. The molecule has 4 rings (SSSR count). The van der Waals surface area contributed by atoms with Crippen LogP contribution < -0.4 is 10.1 Å². The van der Waals surface area contributed by atoms with E-state index in [1.165, 1.54) is 36.4 Å². The highest BCUT2D eigenvalue weighted by molar-refractivity contribution is 6.15. The van der Waals surface area contributed by atoms with E-state index in [0.717, 1.165) is 0 Å². The van der Waals surface area contributed by atoms with E-state index in [1.54, 1.807) is 24.3 Å². The fourth-order valence-electron chi connectivity index (χ4n) is 3.48. The number of hydrogen-bond donors (Lipinski definition) is 1. The lowest BCUT2D eigenvalue weighted by Gasteiger charge is -2.21. The standard InChI is InChI=1S/C24H19F2NO4/c25-18-7-5-15(6-8-18)22(28)20-3-1-2-4-21(20)24(29)27-10-9-16-11-19(26)12-17-13-30-14-31-23(16)17/h1-8,11-12H,9-10,13-14H2,(H,27,29). The Labute approximate surface area is 177 Å². The van der Waals surface area contributed by atoms with E-state index in [4.69, 9.17) is 9.47 Å². The quantitative estimate of drug-likeness (QED) is 0.608. The highest BCUT2D eigenvalue weighted by atomic mass is 19.1. The van der Waals surface area contributed by atoms with Gasteiger partial charge in [0.2, 0.25) is 0 Å². The number of halogens is 2. The second-order valence-corrected chi connectivity index (χ2v) is 7.05. The van der Waals surface area contributed by atoms with Gasteiger partial charge in [-0.1, -0.05) is 18.2 Å². The molecule has 0 saturated heterocycles. The van der Waals surface area contributed by atoms with Gasteiger partial charge in [0.1, 0.15) is 17.4 Å². The zero-order valence-electron chi connectivity index (χ0n) is 16.5. The summed E-state index contributed by atoms with van der Waals surface area (Å²) in [6, 6.07) is 14.3. The van der Waals surface area contributed by atoms with Crippen LogP contribution in [0.5, 0.6) is 5.75 Å². The van der Waals surface area contributed by atoms with Crippen molar-refractivity contribution in [3.8, 4) is 5.75 Å². The van der Waals surface area contributed by atoms with Crippen molar-refractivity contribution in [3.63, 3.8) is 0 Å². The molecule has 1 aliphatic rings. The molecule has 3 aromatic carbocycles. The van der Waals surface area contributed by atoms with E-state index in [9.17, 15) is 18.4 Å². The van der Waals surface area contributed by atoms with Gasteiger partial charge in [-0.25, -0.2) is 8.78 Å². The van der Waals surface area contributed by atoms with Gasteiger partial charge >= 0.3 is 0 Å². The molecule has 0 spiro atoms. The van der Waals surface area contributed by atoms with Gasteiger partial charge in [-0.15, -0.1) is 0 Å². The molecule has 1 aliphatic heterocycles. The van der Waals surface area contributed by atoms with Crippen molar-refractivity contribution in [2.45, 2.75) is 13.0 Å². The van der Waals surface area contributed by atoms with Crippen LogP contribution in [0.4, 0.5) is 8.78 Å². The maximum Gasteiger partial charge on any atom is 0.252 e. The van der Waals surface area contributed by atoms with Crippen molar-refractivity contribution in [1.82, 2.24) is 5.32 Å². The lowest BCUT2D eigenvalue weighted by atomic mass is 9.98. The van der Waals surface area contributed by atoms with Gasteiger partial charge in [0.15, 0.2) is 12.6 Å². The van der Waals surface area contributed by atoms with Gasteiger partial charge in [0.25, 0.3) is 5.91 Å². The molecule has 1 amide bonds. The van der Waals surface area contributed by atoms with Crippen LogP contribution in [0.15, 0.2) is 60.7 Å². The van der Waals surface area contributed by atoms with Crippen LogP contribution in [-0.2, 0) is 17.8 Å². The molecule has 158 valence electrons.